The van der Waals surface area contributed by atoms with Gasteiger partial charge < -0.3 is 19.0 Å². The van der Waals surface area contributed by atoms with E-state index in [2.05, 4.69) is 4.98 Å². The van der Waals surface area contributed by atoms with Crippen LogP contribution >= 0.6 is 0 Å². The largest absolute Gasteiger partial charge is 0.478 e. The lowest BCUT2D eigenvalue weighted by molar-refractivity contribution is 0.0524. The topological polar surface area (TPSA) is 81.8 Å². The number of methoxy groups -OCH3 is 1. The number of hydrogen-bond acceptors (Lipinski definition) is 5. The van der Waals surface area contributed by atoms with Crippen molar-refractivity contribution >= 4 is 17.1 Å². The monoisotopic (exact) mass is 251 g/mol. The molecule has 0 fully saturated rings. The Morgan fingerprint density at radius 2 is 2.28 bits per heavy atom. The number of aromatic carboxylic acids is 1. The van der Waals surface area contributed by atoms with Crippen LogP contribution in [-0.2, 0) is 16.1 Å². The first-order valence-corrected chi connectivity index (χ1v) is 5.40. The second kappa shape index (κ2) is 5.61. The van der Waals surface area contributed by atoms with E-state index in [0.717, 1.165) is 0 Å². The molecule has 1 aromatic heterocycles. The number of oxazole rings is 1. The Morgan fingerprint density at radius 3 is 3.00 bits per heavy atom. The van der Waals surface area contributed by atoms with E-state index >= 15 is 0 Å². The highest BCUT2D eigenvalue weighted by atomic mass is 16.5. The molecule has 2 rings (SSSR count). The van der Waals surface area contributed by atoms with Gasteiger partial charge in [-0.15, -0.1) is 0 Å². The summed E-state index contributed by atoms with van der Waals surface area (Å²) in [5.41, 5.74) is 1.24. The fraction of sp³-hybridized carbons (Fsp3) is 0.333. The average Bonchev–Trinajstić information content (AvgIpc) is 2.76. The van der Waals surface area contributed by atoms with Crippen molar-refractivity contribution < 1.29 is 23.8 Å². The molecule has 0 saturated heterocycles. The molecule has 18 heavy (non-hydrogen) atoms. The number of carbonyl (C=O) groups is 1. The number of aromatic nitrogens is 1. The summed E-state index contributed by atoms with van der Waals surface area (Å²) in [6.45, 7) is 1.19. The molecule has 6 nitrogen and oxygen atoms in total. The van der Waals surface area contributed by atoms with E-state index < -0.39 is 5.97 Å². The number of nitrogens with zero attached hydrogens (tertiary/aromatic N) is 1. The minimum atomic E-state index is -0.988. The minimum Gasteiger partial charge on any atom is -0.478 e. The molecule has 0 aliphatic heterocycles. The van der Waals surface area contributed by atoms with Gasteiger partial charge in [-0.1, -0.05) is 0 Å². The Balaban J connectivity index is 2.09. The zero-order chi connectivity index (χ0) is 13.0. The summed E-state index contributed by atoms with van der Waals surface area (Å²) in [6.07, 6.45) is 0. The summed E-state index contributed by atoms with van der Waals surface area (Å²) >= 11 is 0. The van der Waals surface area contributed by atoms with E-state index in [0.29, 0.717) is 30.2 Å². The van der Waals surface area contributed by atoms with E-state index in [1.165, 1.54) is 12.1 Å². The van der Waals surface area contributed by atoms with Gasteiger partial charge in [-0.25, -0.2) is 9.78 Å². The Kier molecular flexibility index (Phi) is 3.91. The molecule has 6 heteroatoms. The van der Waals surface area contributed by atoms with Crippen LogP contribution in [0.1, 0.15) is 16.2 Å². The van der Waals surface area contributed by atoms with Crippen LogP contribution in [0.25, 0.3) is 11.1 Å². The van der Waals surface area contributed by atoms with Crippen molar-refractivity contribution in [3.05, 3.63) is 29.7 Å². The van der Waals surface area contributed by atoms with Crippen LogP contribution in [0.3, 0.4) is 0 Å². The van der Waals surface area contributed by atoms with Crippen LogP contribution in [0.2, 0.25) is 0 Å². The molecule has 0 aliphatic carbocycles. The second-order valence-corrected chi connectivity index (χ2v) is 3.64. The Labute approximate surface area is 103 Å². The predicted octanol–water partition coefficient (Wildman–Crippen LogP) is 1.69. The molecule has 0 amide bonds. The van der Waals surface area contributed by atoms with E-state index in [9.17, 15) is 4.79 Å². The first-order chi connectivity index (χ1) is 8.70. The number of rotatable bonds is 6. The summed E-state index contributed by atoms with van der Waals surface area (Å²) in [5, 5.41) is 8.85. The third-order valence-electron chi connectivity index (χ3n) is 2.34. The van der Waals surface area contributed by atoms with Crippen LogP contribution in [0.15, 0.2) is 22.6 Å². The Bertz CT molecular complexity index is 548. The highest BCUT2D eigenvalue weighted by Crippen LogP contribution is 2.17. The van der Waals surface area contributed by atoms with Crippen LogP contribution in [-0.4, -0.2) is 36.4 Å². The molecule has 1 N–H and O–H groups in total. The number of carboxylic acid groups (broad SMARTS) is 1. The zero-order valence-electron chi connectivity index (χ0n) is 9.88. The molecule has 0 bridgehead atoms. The van der Waals surface area contributed by atoms with Crippen LogP contribution in [0.5, 0.6) is 0 Å². The molecule has 0 saturated carbocycles. The van der Waals surface area contributed by atoms with Gasteiger partial charge in [-0.05, 0) is 18.2 Å². The van der Waals surface area contributed by atoms with Crippen molar-refractivity contribution in [2.24, 2.45) is 0 Å². The fourth-order valence-corrected chi connectivity index (χ4v) is 1.47. The minimum absolute atomic E-state index is 0.183. The van der Waals surface area contributed by atoms with E-state index in [4.69, 9.17) is 19.0 Å². The van der Waals surface area contributed by atoms with Crippen LogP contribution in [0.4, 0.5) is 0 Å². The Morgan fingerprint density at radius 1 is 1.44 bits per heavy atom. The molecule has 0 aliphatic rings. The van der Waals surface area contributed by atoms with Gasteiger partial charge in [0.05, 0.1) is 18.8 Å². The first-order valence-electron chi connectivity index (χ1n) is 5.40. The zero-order valence-corrected chi connectivity index (χ0v) is 9.88. The highest BCUT2D eigenvalue weighted by molar-refractivity contribution is 5.91. The van der Waals surface area contributed by atoms with Gasteiger partial charge in [0, 0.05) is 7.11 Å². The molecular weight excluding hydrogens is 238 g/mol. The second-order valence-electron chi connectivity index (χ2n) is 3.64. The van der Waals surface area contributed by atoms with Gasteiger partial charge in [0.2, 0.25) is 5.89 Å². The lowest BCUT2D eigenvalue weighted by Crippen LogP contribution is -2.01. The third kappa shape index (κ3) is 2.85. The molecule has 1 heterocycles. The average molecular weight is 251 g/mol. The van der Waals surface area contributed by atoms with Crippen molar-refractivity contribution in [2.75, 3.05) is 20.3 Å². The van der Waals surface area contributed by atoms with Gasteiger partial charge in [-0.3, -0.25) is 0 Å². The molecule has 1 aromatic carbocycles. The number of hydrogen-bond donors (Lipinski definition) is 1. The summed E-state index contributed by atoms with van der Waals surface area (Å²) in [6, 6.07) is 4.54. The number of fused-ring (bicyclic) bond motifs is 1. The summed E-state index contributed by atoms with van der Waals surface area (Å²) in [5.74, 6) is -0.568. The molecule has 0 unspecified atom stereocenters. The maximum atomic E-state index is 10.8. The molecule has 96 valence electrons. The number of ether oxygens (including phenoxy) is 2. The van der Waals surface area contributed by atoms with E-state index in [-0.39, 0.29) is 12.2 Å². The first kappa shape index (κ1) is 12.5. The van der Waals surface area contributed by atoms with E-state index in [1.54, 1.807) is 13.2 Å². The predicted molar refractivity (Wildman–Crippen MR) is 62.5 cm³/mol. The van der Waals surface area contributed by atoms with Gasteiger partial charge in [0.1, 0.15) is 12.1 Å². The van der Waals surface area contributed by atoms with Gasteiger partial charge >= 0.3 is 5.97 Å². The molecule has 0 atom stereocenters. The molecule has 0 spiro atoms. The van der Waals surface area contributed by atoms with Gasteiger partial charge in [0.15, 0.2) is 5.58 Å². The van der Waals surface area contributed by atoms with Gasteiger partial charge in [0.25, 0.3) is 0 Å². The van der Waals surface area contributed by atoms with Gasteiger partial charge in [-0.2, -0.15) is 0 Å². The van der Waals surface area contributed by atoms with Crippen molar-refractivity contribution in [1.82, 2.24) is 4.98 Å². The van der Waals surface area contributed by atoms with E-state index in [1.807, 2.05) is 0 Å². The smallest absolute Gasteiger partial charge is 0.335 e. The van der Waals surface area contributed by atoms with Crippen molar-refractivity contribution in [2.45, 2.75) is 6.61 Å². The lowest BCUT2D eigenvalue weighted by atomic mass is 10.2. The summed E-state index contributed by atoms with van der Waals surface area (Å²) in [7, 11) is 1.59. The maximum absolute atomic E-state index is 10.8. The SMILES string of the molecule is COCCOCc1nc2cc(C(=O)O)ccc2o1. The molecule has 0 radical (unpaired) electrons. The highest BCUT2D eigenvalue weighted by Gasteiger charge is 2.09. The maximum Gasteiger partial charge on any atom is 0.335 e. The normalized spacial score (nSPS) is 10.9. The lowest BCUT2D eigenvalue weighted by Gasteiger charge is -1.98. The van der Waals surface area contributed by atoms with Crippen molar-refractivity contribution in [3.63, 3.8) is 0 Å². The third-order valence-corrected chi connectivity index (χ3v) is 2.34. The van der Waals surface area contributed by atoms with Crippen LogP contribution < -0.4 is 0 Å². The quantitative estimate of drug-likeness (QED) is 0.787. The molecule has 2 aromatic rings. The molecular formula is C12H13NO5. The van der Waals surface area contributed by atoms with Crippen molar-refractivity contribution in [3.8, 4) is 0 Å². The number of benzene rings is 1. The fourth-order valence-electron chi connectivity index (χ4n) is 1.47. The standard InChI is InChI=1S/C12H13NO5/c1-16-4-5-17-7-11-13-9-6-8(12(14)15)2-3-10(9)18-11/h2-3,6H,4-5,7H2,1H3,(H,14,15). The summed E-state index contributed by atoms with van der Waals surface area (Å²) in [4.78, 5) is 15.0. The van der Waals surface area contributed by atoms with Crippen LogP contribution in [0, 0.1) is 0 Å². The van der Waals surface area contributed by atoms with Crippen molar-refractivity contribution in [1.29, 1.82) is 0 Å². The summed E-state index contributed by atoms with van der Waals surface area (Å²) < 4.78 is 15.5. The number of carboxylic acids is 1. The Hall–Kier alpha value is -1.92.